The van der Waals surface area contributed by atoms with Gasteiger partial charge < -0.3 is 10.3 Å². The van der Waals surface area contributed by atoms with E-state index >= 15 is 0 Å². The van der Waals surface area contributed by atoms with E-state index in [0.717, 1.165) is 15.4 Å². The number of aryl methyl sites for hydroxylation is 1. The number of hydrogen-bond donors (Lipinski definition) is 1. The molecule has 0 saturated heterocycles. The number of ketones is 1. The van der Waals surface area contributed by atoms with Crippen molar-refractivity contribution in [2.75, 3.05) is 6.54 Å². The van der Waals surface area contributed by atoms with Crippen molar-refractivity contribution in [3.63, 3.8) is 0 Å². The minimum Gasteiger partial charge on any atom is -0.351 e. The van der Waals surface area contributed by atoms with Crippen molar-refractivity contribution in [1.82, 2.24) is 4.57 Å². The molecule has 15 heavy (non-hydrogen) atoms. The molecule has 78 valence electrons. The molecule has 0 spiro atoms. The maximum atomic E-state index is 11.5. The maximum absolute atomic E-state index is 11.5. The molecule has 0 bridgehead atoms. The number of benzene rings is 1. The van der Waals surface area contributed by atoms with E-state index in [0.29, 0.717) is 5.56 Å². The molecule has 1 heterocycles. The third-order valence-corrected chi connectivity index (χ3v) is 3.34. The average Bonchev–Trinajstić information content (AvgIpc) is 2.61. The lowest BCUT2D eigenvalue weighted by molar-refractivity contribution is 0.100. The van der Waals surface area contributed by atoms with Crippen molar-refractivity contribution >= 4 is 32.6 Å². The Labute approximate surface area is 96.0 Å². The summed E-state index contributed by atoms with van der Waals surface area (Å²) in [6.45, 7) is 0.0386. The summed E-state index contributed by atoms with van der Waals surface area (Å²) in [5.74, 6) is -0.0485. The number of carbonyl (C=O) groups excluding carboxylic acids is 1. The molecule has 1 aromatic carbocycles. The zero-order valence-corrected chi connectivity index (χ0v) is 9.91. The third-order valence-electron chi connectivity index (χ3n) is 2.49. The van der Waals surface area contributed by atoms with E-state index in [4.69, 9.17) is 5.73 Å². The molecule has 1 aromatic heterocycles. The van der Waals surface area contributed by atoms with E-state index in [2.05, 4.69) is 15.9 Å². The summed E-state index contributed by atoms with van der Waals surface area (Å²) in [5.41, 5.74) is 7.09. The summed E-state index contributed by atoms with van der Waals surface area (Å²) >= 11 is 3.45. The molecule has 0 radical (unpaired) electrons. The summed E-state index contributed by atoms with van der Waals surface area (Å²) < 4.78 is 2.84. The fourth-order valence-corrected chi connectivity index (χ4v) is 2.33. The van der Waals surface area contributed by atoms with Crippen molar-refractivity contribution in [2.45, 2.75) is 0 Å². The Hall–Kier alpha value is -1.13. The Balaban J connectivity index is 2.71. The molecule has 2 aromatic rings. The number of nitrogens with zero attached hydrogens (tertiary/aromatic N) is 1. The Morgan fingerprint density at radius 2 is 2.20 bits per heavy atom. The highest BCUT2D eigenvalue weighted by Crippen LogP contribution is 2.28. The zero-order valence-electron chi connectivity index (χ0n) is 8.33. The van der Waals surface area contributed by atoms with Crippen LogP contribution in [0, 0.1) is 0 Å². The number of rotatable bonds is 2. The van der Waals surface area contributed by atoms with Gasteiger partial charge in [0.2, 0.25) is 0 Å². The third kappa shape index (κ3) is 1.60. The highest BCUT2D eigenvalue weighted by Gasteiger charge is 2.12. The standard InChI is InChI=1S/C11H11BrN2O/c1-14-5-4-7-9(14)3-2-8(11(7)12)10(15)6-13/h2-5H,6,13H2,1H3. The molecule has 0 aliphatic heterocycles. The first-order chi connectivity index (χ1) is 7.15. The number of halogens is 1. The van der Waals surface area contributed by atoms with E-state index in [9.17, 15) is 4.79 Å². The molecule has 0 aliphatic carbocycles. The number of carbonyl (C=O) groups is 1. The number of Topliss-reactive ketones (excluding diaryl/α,β-unsaturated/α-hetero) is 1. The molecule has 2 rings (SSSR count). The molecule has 0 saturated carbocycles. The number of fused-ring (bicyclic) bond motifs is 1. The molecule has 0 aliphatic rings. The van der Waals surface area contributed by atoms with E-state index in [-0.39, 0.29) is 12.3 Å². The second-order valence-corrected chi connectivity index (χ2v) is 4.21. The van der Waals surface area contributed by atoms with Gasteiger partial charge >= 0.3 is 0 Å². The van der Waals surface area contributed by atoms with Crippen LogP contribution < -0.4 is 5.73 Å². The van der Waals surface area contributed by atoms with Gasteiger partial charge in [-0.2, -0.15) is 0 Å². The van der Waals surface area contributed by atoms with Crippen molar-refractivity contribution in [3.8, 4) is 0 Å². The largest absolute Gasteiger partial charge is 0.351 e. The van der Waals surface area contributed by atoms with Gasteiger partial charge in [0.05, 0.1) is 6.54 Å². The van der Waals surface area contributed by atoms with Crippen molar-refractivity contribution in [3.05, 3.63) is 34.4 Å². The summed E-state index contributed by atoms with van der Waals surface area (Å²) in [6.07, 6.45) is 1.96. The molecule has 0 atom stereocenters. The summed E-state index contributed by atoms with van der Waals surface area (Å²) in [7, 11) is 1.97. The number of hydrogen-bond acceptors (Lipinski definition) is 2. The highest BCUT2D eigenvalue weighted by atomic mass is 79.9. The van der Waals surface area contributed by atoms with Gasteiger partial charge in [-0.25, -0.2) is 0 Å². The van der Waals surface area contributed by atoms with Crippen LogP contribution >= 0.6 is 15.9 Å². The first-order valence-electron chi connectivity index (χ1n) is 4.62. The van der Waals surface area contributed by atoms with E-state index < -0.39 is 0 Å². The topological polar surface area (TPSA) is 48.0 Å². The minimum absolute atomic E-state index is 0.0386. The predicted octanol–water partition coefficient (Wildman–Crippen LogP) is 2.08. The Bertz CT molecular complexity index is 531. The molecule has 0 fully saturated rings. The van der Waals surface area contributed by atoms with E-state index in [1.807, 2.05) is 36.0 Å². The van der Waals surface area contributed by atoms with Crippen LogP contribution in [-0.4, -0.2) is 16.9 Å². The fraction of sp³-hybridized carbons (Fsp3) is 0.182. The van der Waals surface area contributed by atoms with Gasteiger partial charge in [0.25, 0.3) is 0 Å². The van der Waals surface area contributed by atoms with Gasteiger partial charge in [-0.05, 0) is 34.1 Å². The Morgan fingerprint density at radius 1 is 1.47 bits per heavy atom. The minimum atomic E-state index is -0.0485. The Kier molecular flexibility index (Phi) is 2.63. The fourth-order valence-electron chi connectivity index (χ4n) is 1.64. The van der Waals surface area contributed by atoms with Crippen LogP contribution in [0.4, 0.5) is 0 Å². The SMILES string of the molecule is Cn1ccc2c(Br)c(C(=O)CN)ccc21. The lowest BCUT2D eigenvalue weighted by Gasteiger charge is -2.04. The monoisotopic (exact) mass is 266 g/mol. The van der Waals surface area contributed by atoms with Gasteiger partial charge in [-0.15, -0.1) is 0 Å². The van der Waals surface area contributed by atoms with Crippen molar-refractivity contribution in [1.29, 1.82) is 0 Å². The normalized spacial score (nSPS) is 10.9. The van der Waals surface area contributed by atoms with Gasteiger partial charge in [0.1, 0.15) is 0 Å². The lowest BCUT2D eigenvalue weighted by atomic mass is 10.1. The van der Waals surface area contributed by atoms with Crippen LogP contribution in [0.1, 0.15) is 10.4 Å². The number of nitrogens with two attached hydrogens (primary N) is 1. The van der Waals surface area contributed by atoms with Crippen LogP contribution in [0.25, 0.3) is 10.9 Å². The van der Waals surface area contributed by atoms with Gasteiger partial charge in [-0.3, -0.25) is 4.79 Å². The molecule has 2 N–H and O–H groups in total. The van der Waals surface area contributed by atoms with Crippen molar-refractivity contribution in [2.24, 2.45) is 12.8 Å². The Morgan fingerprint density at radius 3 is 2.87 bits per heavy atom. The maximum Gasteiger partial charge on any atom is 0.177 e. The van der Waals surface area contributed by atoms with E-state index in [1.54, 1.807) is 0 Å². The first kappa shape index (κ1) is 10.4. The molecule has 0 unspecified atom stereocenters. The molecule has 0 amide bonds. The second-order valence-electron chi connectivity index (χ2n) is 3.41. The summed E-state index contributed by atoms with van der Waals surface area (Å²) in [6, 6.07) is 5.72. The lowest BCUT2D eigenvalue weighted by Crippen LogP contribution is -2.14. The van der Waals surface area contributed by atoms with Crippen LogP contribution in [0.5, 0.6) is 0 Å². The first-order valence-corrected chi connectivity index (χ1v) is 5.41. The second kappa shape index (κ2) is 3.79. The van der Waals surface area contributed by atoms with Crippen LogP contribution in [0.2, 0.25) is 0 Å². The van der Waals surface area contributed by atoms with Crippen LogP contribution in [0.3, 0.4) is 0 Å². The summed E-state index contributed by atoms with van der Waals surface area (Å²) in [5, 5.41) is 1.04. The zero-order chi connectivity index (χ0) is 11.0. The van der Waals surface area contributed by atoms with E-state index in [1.165, 1.54) is 0 Å². The molecular formula is C11H11BrN2O. The quantitative estimate of drug-likeness (QED) is 0.847. The van der Waals surface area contributed by atoms with Gasteiger partial charge in [0, 0.05) is 34.2 Å². The summed E-state index contributed by atoms with van der Waals surface area (Å²) in [4.78, 5) is 11.5. The number of aromatic nitrogens is 1. The predicted molar refractivity (Wildman–Crippen MR) is 64.0 cm³/mol. The smallest absolute Gasteiger partial charge is 0.177 e. The van der Waals surface area contributed by atoms with Gasteiger partial charge in [-0.1, -0.05) is 0 Å². The molecule has 3 nitrogen and oxygen atoms in total. The highest BCUT2D eigenvalue weighted by molar-refractivity contribution is 9.10. The van der Waals surface area contributed by atoms with Crippen molar-refractivity contribution < 1.29 is 4.79 Å². The molecular weight excluding hydrogens is 256 g/mol. The molecule has 4 heteroatoms. The van der Waals surface area contributed by atoms with Crippen LogP contribution in [-0.2, 0) is 7.05 Å². The van der Waals surface area contributed by atoms with Gasteiger partial charge in [0.15, 0.2) is 5.78 Å². The van der Waals surface area contributed by atoms with Crippen LogP contribution in [0.15, 0.2) is 28.9 Å². The average molecular weight is 267 g/mol.